The Bertz CT molecular complexity index is 2370. The van der Waals surface area contributed by atoms with Gasteiger partial charge in [-0.1, -0.05) is 135 Å². The first-order valence-electron chi connectivity index (χ1n) is 14.7. The van der Waals surface area contributed by atoms with Crippen molar-refractivity contribution >= 4 is 43.4 Å². The zero-order valence-electron chi connectivity index (χ0n) is 23.6. The van der Waals surface area contributed by atoms with Crippen LogP contribution in [0.1, 0.15) is 25.0 Å². The third kappa shape index (κ3) is 3.01. The van der Waals surface area contributed by atoms with Gasteiger partial charge in [-0.05, 0) is 50.5 Å². The molecule has 0 N–H and O–H groups in total. The van der Waals surface area contributed by atoms with Crippen LogP contribution in [0.3, 0.4) is 0 Å². The fourth-order valence-electron chi connectivity index (χ4n) is 7.54. The fourth-order valence-corrected chi connectivity index (χ4v) is 7.54. The molecule has 0 fully saturated rings. The zero-order valence-corrected chi connectivity index (χ0v) is 23.6. The van der Waals surface area contributed by atoms with Gasteiger partial charge in [0.1, 0.15) is 5.82 Å². The smallest absolute Gasteiger partial charge is 0.138 e. The molecule has 0 spiro atoms. The van der Waals surface area contributed by atoms with Crippen molar-refractivity contribution < 1.29 is 0 Å². The molecule has 198 valence electrons. The summed E-state index contributed by atoms with van der Waals surface area (Å²) in [5.41, 5.74) is 9.84. The van der Waals surface area contributed by atoms with Crippen LogP contribution in [0.15, 0.2) is 133 Å². The van der Waals surface area contributed by atoms with Crippen molar-refractivity contribution in [2.24, 2.45) is 0 Å². The number of hydrogen-bond donors (Lipinski definition) is 0. The minimum Gasteiger partial charge on any atom is -0.293 e. The van der Waals surface area contributed by atoms with Crippen LogP contribution in [-0.4, -0.2) is 9.55 Å². The van der Waals surface area contributed by atoms with E-state index in [4.69, 9.17) is 4.98 Å². The van der Waals surface area contributed by atoms with Crippen molar-refractivity contribution in [2.75, 3.05) is 0 Å². The van der Waals surface area contributed by atoms with E-state index < -0.39 is 0 Å². The molecule has 0 radical (unpaired) electrons. The standard InChI is InChI=1S/C40H28N2/c1-40(2)32-22-12-10-20-30(32)35-28-18-8-9-19-29(28)36-31-21-11-13-23-33(31)42(39(36)37(35)40)34-24-26-16-6-7-17-27(26)38(41-34)25-14-4-3-5-15-25/h3-24H,1-2H3. The monoisotopic (exact) mass is 536 g/mol. The van der Waals surface area contributed by atoms with Crippen LogP contribution >= 0.6 is 0 Å². The van der Waals surface area contributed by atoms with Gasteiger partial charge in [-0.25, -0.2) is 4.98 Å². The maximum absolute atomic E-state index is 5.48. The third-order valence-corrected chi connectivity index (χ3v) is 9.33. The summed E-state index contributed by atoms with van der Waals surface area (Å²) in [6, 6.07) is 48.2. The first kappa shape index (κ1) is 23.5. The second-order valence-corrected chi connectivity index (χ2v) is 12.0. The largest absolute Gasteiger partial charge is 0.293 e. The highest BCUT2D eigenvalue weighted by Gasteiger charge is 2.40. The molecule has 1 aliphatic carbocycles. The molecule has 0 saturated heterocycles. The molecular formula is C40H28N2. The van der Waals surface area contributed by atoms with E-state index >= 15 is 0 Å². The molecule has 0 bridgehead atoms. The summed E-state index contributed by atoms with van der Waals surface area (Å²) in [4.78, 5) is 5.48. The lowest BCUT2D eigenvalue weighted by atomic mass is 9.80. The van der Waals surface area contributed by atoms with E-state index in [9.17, 15) is 0 Å². The summed E-state index contributed by atoms with van der Waals surface area (Å²) in [5.74, 6) is 0.947. The molecule has 0 atom stereocenters. The zero-order chi connectivity index (χ0) is 28.0. The molecule has 42 heavy (non-hydrogen) atoms. The van der Waals surface area contributed by atoms with Crippen LogP contribution in [0.5, 0.6) is 0 Å². The van der Waals surface area contributed by atoms with Gasteiger partial charge in [0.15, 0.2) is 0 Å². The Kier molecular flexibility index (Phi) is 4.70. The van der Waals surface area contributed by atoms with Gasteiger partial charge >= 0.3 is 0 Å². The molecule has 9 rings (SSSR count). The molecule has 8 aromatic rings. The van der Waals surface area contributed by atoms with Crippen LogP contribution < -0.4 is 0 Å². The van der Waals surface area contributed by atoms with E-state index in [1.54, 1.807) is 0 Å². The van der Waals surface area contributed by atoms with E-state index in [1.165, 1.54) is 60.2 Å². The average Bonchev–Trinajstić information content (AvgIpc) is 3.50. The van der Waals surface area contributed by atoms with Gasteiger partial charge in [0.25, 0.3) is 0 Å². The molecule has 2 aromatic heterocycles. The Morgan fingerprint density at radius 1 is 0.595 bits per heavy atom. The van der Waals surface area contributed by atoms with E-state index in [2.05, 4.69) is 152 Å². The SMILES string of the molecule is CC1(C)c2ccccc2-c2c1c1c(c3ccccc23)c2ccccc2n1-c1cc2ccccc2c(-c2ccccc2)n1. The Morgan fingerprint density at radius 3 is 2.07 bits per heavy atom. The van der Waals surface area contributed by atoms with E-state index in [0.29, 0.717) is 0 Å². The molecule has 0 unspecified atom stereocenters. The van der Waals surface area contributed by atoms with Gasteiger partial charge in [-0.15, -0.1) is 0 Å². The predicted octanol–water partition coefficient (Wildman–Crippen LogP) is 10.5. The second kappa shape index (κ2) is 8.41. The summed E-state index contributed by atoms with van der Waals surface area (Å²) in [7, 11) is 0. The molecule has 2 nitrogen and oxygen atoms in total. The van der Waals surface area contributed by atoms with E-state index in [0.717, 1.165) is 22.5 Å². The minimum atomic E-state index is -0.181. The Balaban J connectivity index is 1.53. The fraction of sp³-hybridized carbons (Fsp3) is 0.0750. The first-order valence-corrected chi connectivity index (χ1v) is 14.7. The highest BCUT2D eigenvalue weighted by molar-refractivity contribution is 6.27. The molecule has 2 heterocycles. The number of nitrogens with zero attached hydrogens (tertiary/aromatic N) is 2. The van der Waals surface area contributed by atoms with Crippen molar-refractivity contribution in [3.63, 3.8) is 0 Å². The lowest BCUT2D eigenvalue weighted by Gasteiger charge is -2.24. The number of benzene rings is 6. The summed E-state index contributed by atoms with van der Waals surface area (Å²) >= 11 is 0. The van der Waals surface area contributed by atoms with Crippen molar-refractivity contribution in [3.05, 3.63) is 145 Å². The molecule has 2 heteroatoms. The summed E-state index contributed by atoms with van der Waals surface area (Å²) < 4.78 is 2.45. The number of pyridine rings is 1. The van der Waals surface area contributed by atoms with Crippen molar-refractivity contribution in [2.45, 2.75) is 19.3 Å². The lowest BCUT2D eigenvalue weighted by Crippen LogP contribution is -2.17. The quantitative estimate of drug-likeness (QED) is 0.215. The maximum Gasteiger partial charge on any atom is 0.138 e. The van der Waals surface area contributed by atoms with Gasteiger partial charge in [0.05, 0.1) is 16.7 Å². The molecular weight excluding hydrogens is 508 g/mol. The number of rotatable bonds is 2. The normalized spacial score (nSPS) is 13.7. The molecule has 6 aromatic carbocycles. The molecule has 0 amide bonds. The van der Waals surface area contributed by atoms with Gasteiger partial charge in [-0.2, -0.15) is 0 Å². The van der Waals surface area contributed by atoms with Gasteiger partial charge in [-0.3, -0.25) is 4.57 Å². The number of hydrogen-bond acceptors (Lipinski definition) is 1. The summed E-state index contributed by atoms with van der Waals surface area (Å²) in [6.07, 6.45) is 0. The van der Waals surface area contributed by atoms with Crippen LogP contribution in [0.25, 0.3) is 71.6 Å². The Labute approximate surface area is 244 Å². The minimum absolute atomic E-state index is 0.181. The van der Waals surface area contributed by atoms with E-state index in [-0.39, 0.29) is 5.41 Å². The van der Waals surface area contributed by atoms with Crippen LogP contribution in [0, 0.1) is 0 Å². The lowest BCUT2D eigenvalue weighted by molar-refractivity contribution is 0.664. The molecule has 0 saturated carbocycles. The average molecular weight is 537 g/mol. The Morgan fingerprint density at radius 2 is 1.24 bits per heavy atom. The summed E-state index contributed by atoms with van der Waals surface area (Å²) in [5, 5.41) is 7.52. The van der Waals surface area contributed by atoms with Gasteiger partial charge in [0, 0.05) is 27.1 Å². The number of para-hydroxylation sites is 1. The van der Waals surface area contributed by atoms with Gasteiger partial charge in [0.2, 0.25) is 0 Å². The van der Waals surface area contributed by atoms with Crippen LogP contribution in [0.4, 0.5) is 0 Å². The van der Waals surface area contributed by atoms with Crippen LogP contribution in [-0.2, 0) is 5.41 Å². The highest BCUT2D eigenvalue weighted by Crippen LogP contribution is 2.56. The van der Waals surface area contributed by atoms with Crippen LogP contribution in [0.2, 0.25) is 0 Å². The summed E-state index contributed by atoms with van der Waals surface area (Å²) in [6.45, 7) is 4.77. The topological polar surface area (TPSA) is 17.8 Å². The predicted molar refractivity (Wildman–Crippen MR) is 177 cm³/mol. The van der Waals surface area contributed by atoms with E-state index in [1.807, 2.05) is 0 Å². The van der Waals surface area contributed by atoms with Crippen molar-refractivity contribution in [1.29, 1.82) is 0 Å². The van der Waals surface area contributed by atoms with Crippen molar-refractivity contribution in [3.8, 4) is 28.2 Å². The second-order valence-electron chi connectivity index (χ2n) is 12.0. The number of fused-ring (bicyclic) bond motifs is 11. The van der Waals surface area contributed by atoms with Gasteiger partial charge < -0.3 is 0 Å². The molecule has 1 aliphatic rings. The number of aromatic nitrogens is 2. The Hall–Kier alpha value is -5.21. The third-order valence-electron chi connectivity index (χ3n) is 9.33. The first-order chi connectivity index (χ1) is 20.6. The molecule has 0 aliphatic heterocycles. The maximum atomic E-state index is 5.48. The highest BCUT2D eigenvalue weighted by atomic mass is 15.1. The van der Waals surface area contributed by atoms with Crippen molar-refractivity contribution in [1.82, 2.24) is 9.55 Å².